The maximum absolute atomic E-state index is 14.0. The third-order valence-electron chi connectivity index (χ3n) is 7.42. The van der Waals surface area contributed by atoms with Gasteiger partial charge in [-0.15, -0.1) is 0 Å². The van der Waals surface area contributed by atoms with Gasteiger partial charge < -0.3 is 10.2 Å². The summed E-state index contributed by atoms with van der Waals surface area (Å²) >= 11 is 6.42. The number of anilines is 1. The van der Waals surface area contributed by atoms with E-state index in [2.05, 4.69) is 5.32 Å². The van der Waals surface area contributed by atoms with E-state index in [9.17, 15) is 22.4 Å². The molecule has 0 unspecified atom stereocenters. The zero-order valence-electron chi connectivity index (χ0n) is 23.2. The monoisotopic (exact) mass is 599 g/mol. The summed E-state index contributed by atoms with van der Waals surface area (Å²) in [4.78, 5) is 28.6. The molecule has 4 rings (SSSR count). The number of benzene rings is 3. The topological polar surface area (TPSA) is 86.8 Å². The van der Waals surface area contributed by atoms with Crippen LogP contribution in [-0.2, 0) is 26.2 Å². The highest BCUT2D eigenvalue weighted by Gasteiger charge is 2.33. The Hall–Kier alpha value is -3.43. The second-order valence-electron chi connectivity index (χ2n) is 10.4. The third-order valence-corrected chi connectivity index (χ3v) is 9.58. The molecule has 3 aromatic rings. The summed E-state index contributed by atoms with van der Waals surface area (Å²) in [5.74, 6) is -1.46. The average molecular weight is 600 g/mol. The van der Waals surface area contributed by atoms with E-state index in [1.54, 1.807) is 55.5 Å². The normalized spacial score (nSPS) is 14.7. The molecule has 218 valence electrons. The number of rotatable bonds is 10. The molecule has 3 aromatic carbocycles. The number of hydrogen-bond donors (Lipinski definition) is 1. The largest absolute Gasteiger partial charge is 0.352 e. The molecule has 1 atom stereocenters. The fourth-order valence-electron chi connectivity index (χ4n) is 4.94. The highest BCUT2D eigenvalue weighted by Crippen LogP contribution is 2.26. The lowest BCUT2D eigenvalue weighted by Crippen LogP contribution is -2.53. The van der Waals surface area contributed by atoms with E-state index in [4.69, 9.17) is 11.6 Å². The van der Waals surface area contributed by atoms with Crippen LogP contribution in [0.15, 0.2) is 77.7 Å². The van der Waals surface area contributed by atoms with Gasteiger partial charge in [0.25, 0.3) is 10.0 Å². The van der Waals surface area contributed by atoms with Gasteiger partial charge in [0.15, 0.2) is 0 Å². The van der Waals surface area contributed by atoms with E-state index in [1.165, 1.54) is 4.90 Å². The molecule has 0 heterocycles. The van der Waals surface area contributed by atoms with Crippen molar-refractivity contribution in [3.05, 3.63) is 94.8 Å². The summed E-state index contributed by atoms with van der Waals surface area (Å²) in [6.45, 7) is 2.94. The van der Waals surface area contributed by atoms with Crippen LogP contribution in [0.2, 0.25) is 5.02 Å². The van der Waals surface area contributed by atoms with E-state index in [-0.39, 0.29) is 29.1 Å². The van der Waals surface area contributed by atoms with Crippen LogP contribution in [0.25, 0.3) is 0 Å². The Kier molecular flexibility index (Phi) is 10.0. The fraction of sp³-hybridized carbons (Fsp3) is 0.355. The predicted octanol–water partition coefficient (Wildman–Crippen LogP) is 5.85. The van der Waals surface area contributed by atoms with Crippen LogP contribution >= 0.6 is 11.6 Å². The van der Waals surface area contributed by atoms with Crippen molar-refractivity contribution >= 4 is 39.1 Å². The molecule has 1 aliphatic rings. The Morgan fingerprint density at radius 1 is 0.976 bits per heavy atom. The van der Waals surface area contributed by atoms with Gasteiger partial charge in [-0.25, -0.2) is 12.8 Å². The van der Waals surface area contributed by atoms with Crippen LogP contribution in [0.5, 0.6) is 0 Å². The van der Waals surface area contributed by atoms with Crippen LogP contribution in [0.3, 0.4) is 0 Å². The second-order valence-corrected chi connectivity index (χ2v) is 12.7. The standard InChI is InChI=1S/C31H35ClFN3O4S/c1-22-12-16-27(17-13-22)36(41(39,40)28-18-14-25(33)15-19-28)21-30(37)35(20-24-8-6-7-11-29(24)32)23(2)31(38)34-26-9-4-3-5-10-26/h6-8,11-19,23,26H,3-5,9-10,20-21H2,1-2H3,(H,34,38)/t23-/m0/s1. The number of nitrogens with zero attached hydrogens (tertiary/aromatic N) is 2. The Labute approximate surface area is 246 Å². The van der Waals surface area contributed by atoms with Gasteiger partial charge in [0.1, 0.15) is 18.4 Å². The minimum atomic E-state index is -4.27. The van der Waals surface area contributed by atoms with Crippen molar-refractivity contribution in [1.29, 1.82) is 0 Å². The smallest absolute Gasteiger partial charge is 0.264 e. The first-order valence-electron chi connectivity index (χ1n) is 13.7. The average Bonchev–Trinajstić information content (AvgIpc) is 2.96. The molecule has 0 spiro atoms. The second kappa shape index (κ2) is 13.5. The van der Waals surface area contributed by atoms with Gasteiger partial charge >= 0.3 is 0 Å². The zero-order valence-corrected chi connectivity index (χ0v) is 24.8. The van der Waals surface area contributed by atoms with Crippen molar-refractivity contribution in [2.24, 2.45) is 0 Å². The van der Waals surface area contributed by atoms with Crippen molar-refractivity contribution < 1.29 is 22.4 Å². The number of nitrogens with one attached hydrogen (secondary N) is 1. The summed E-state index contributed by atoms with van der Waals surface area (Å²) in [5, 5.41) is 3.50. The molecule has 1 aliphatic carbocycles. The Morgan fingerprint density at radius 2 is 1.61 bits per heavy atom. The zero-order chi connectivity index (χ0) is 29.6. The SMILES string of the molecule is Cc1ccc(N(CC(=O)N(Cc2ccccc2Cl)[C@@H](C)C(=O)NC2CCCCC2)S(=O)(=O)c2ccc(F)cc2)cc1. The summed E-state index contributed by atoms with van der Waals surface area (Å²) in [6.07, 6.45) is 4.97. The van der Waals surface area contributed by atoms with E-state index in [1.807, 2.05) is 6.92 Å². The van der Waals surface area contributed by atoms with Gasteiger partial charge in [0.2, 0.25) is 11.8 Å². The van der Waals surface area contributed by atoms with Crippen molar-refractivity contribution in [3.8, 4) is 0 Å². The minimum absolute atomic E-state index is 0.0100. The van der Waals surface area contributed by atoms with Gasteiger partial charge in [0, 0.05) is 17.6 Å². The van der Waals surface area contributed by atoms with Gasteiger partial charge in [-0.05, 0) is 74.7 Å². The number of hydrogen-bond acceptors (Lipinski definition) is 4. The molecule has 1 saturated carbocycles. The maximum atomic E-state index is 14.0. The molecule has 1 fully saturated rings. The third kappa shape index (κ3) is 7.65. The number of aryl methyl sites for hydroxylation is 1. The number of halogens is 2. The molecular weight excluding hydrogens is 565 g/mol. The number of amides is 2. The molecule has 41 heavy (non-hydrogen) atoms. The van der Waals surface area contributed by atoms with Crippen LogP contribution in [0, 0.1) is 12.7 Å². The molecule has 0 saturated heterocycles. The van der Waals surface area contributed by atoms with E-state index in [0.717, 1.165) is 66.2 Å². The number of carbonyl (C=O) groups is 2. The highest BCUT2D eigenvalue weighted by molar-refractivity contribution is 7.92. The first-order chi connectivity index (χ1) is 19.6. The van der Waals surface area contributed by atoms with Crippen molar-refractivity contribution in [2.45, 2.75) is 69.5 Å². The summed E-state index contributed by atoms with van der Waals surface area (Å²) in [6, 6.07) is 17.3. The Morgan fingerprint density at radius 3 is 2.24 bits per heavy atom. The van der Waals surface area contributed by atoms with Gasteiger partial charge in [-0.2, -0.15) is 0 Å². The molecule has 1 N–H and O–H groups in total. The number of carbonyl (C=O) groups excluding carboxylic acids is 2. The lowest BCUT2D eigenvalue weighted by molar-refractivity contribution is -0.139. The maximum Gasteiger partial charge on any atom is 0.264 e. The lowest BCUT2D eigenvalue weighted by Gasteiger charge is -2.33. The van der Waals surface area contributed by atoms with Crippen molar-refractivity contribution in [3.63, 3.8) is 0 Å². The van der Waals surface area contributed by atoms with Crippen molar-refractivity contribution in [2.75, 3.05) is 10.8 Å². The Balaban J connectivity index is 1.68. The van der Waals surface area contributed by atoms with Crippen LogP contribution in [0.4, 0.5) is 10.1 Å². The Bertz CT molecular complexity index is 1460. The first-order valence-corrected chi connectivity index (χ1v) is 15.6. The molecule has 7 nitrogen and oxygen atoms in total. The van der Waals surface area contributed by atoms with E-state index >= 15 is 0 Å². The summed E-state index contributed by atoms with van der Waals surface area (Å²) in [5.41, 5.74) is 1.81. The predicted molar refractivity (Wildman–Crippen MR) is 159 cm³/mol. The molecule has 10 heteroatoms. The van der Waals surface area contributed by atoms with E-state index in [0.29, 0.717) is 10.6 Å². The first kappa shape index (κ1) is 30.5. The molecule has 2 amide bonds. The van der Waals surface area contributed by atoms with Gasteiger partial charge in [0.05, 0.1) is 10.6 Å². The molecular formula is C31H35ClFN3O4S. The van der Waals surface area contributed by atoms with Crippen LogP contribution < -0.4 is 9.62 Å². The fourth-order valence-corrected chi connectivity index (χ4v) is 6.54. The molecule has 0 aromatic heterocycles. The molecule has 0 bridgehead atoms. The van der Waals surface area contributed by atoms with E-state index < -0.39 is 34.3 Å². The van der Waals surface area contributed by atoms with Gasteiger partial charge in [-0.1, -0.05) is 66.8 Å². The molecule has 0 aliphatic heterocycles. The summed E-state index contributed by atoms with van der Waals surface area (Å²) < 4.78 is 42.2. The number of sulfonamides is 1. The van der Waals surface area contributed by atoms with Crippen molar-refractivity contribution in [1.82, 2.24) is 10.2 Å². The minimum Gasteiger partial charge on any atom is -0.352 e. The highest BCUT2D eigenvalue weighted by atomic mass is 35.5. The van der Waals surface area contributed by atoms with Crippen LogP contribution in [0.1, 0.15) is 50.2 Å². The van der Waals surface area contributed by atoms with Gasteiger partial charge in [-0.3, -0.25) is 13.9 Å². The quantitative estimate of drug-likeness (QED) is 0.317. The summed E-state index contributed by atoms with van der Waals surface area (Å²) in [7, 11) is -4.27. The van der Waals surface area contributed by atoms with Crippen LogP contribution in [-0.4, -0.2) is 43.8 Å². The lowest BCUT2D eigenvalue weighted by atomic mass is 9.95. The molecule has 0 radical (unpaired) electrons.